The van der Waals surface area contributed by atoms with E-state index in [0.29, 0.717) is 5.69 Å². The predicted molar refractivity (Wildman–Crippen MR) is 100 cm³/mol. The third kappa shape index (κ3) is 5.66. The van der Waals surface area contributed by atoms with Crippen molar-refractivity contribution in [3.05, 3.63) is 53.3 Å². The Balaban J connectivity index is 2.19. The molecule has 0 saturated carbocycles. The van der Waals surface area contributed by atoms with E-state index in [9.17, 15) is 18.0 Å². The molecule has 1 aromatic carbocycles. The summed E-state index contributed by atoms with van der Waals surface area (Å²) < 4.78 is 36.1. The Morgan fingerprint density at radius 2 is 1.71 bits per heavy atom. The summed E-state index contributed by atoms with van der Waals surface area (Å²) in [6.45, 7) is 0. The van der Waals surface area contributed by atoms with Crippen LogP contribution in [0.5, 0.6) is 0 Å². The van der Waals surface area contributed by atoms with Crippen molar-refractivity contribution >= 4 is 45.1 Å². The Bertz CT molecular complexity index is 991. The van der Waals surface area contributed by atoms with Gasteiger partial charge in [-0.15, -0.1) is 10.2 Å². The van der Waals surface area contributed by atoms with Gasteiger partial charge in [0, 0.05) is 5.69 Å². The number of hydrogen-bond acceptors (Lipinski definition) is 9. The van der Waals surface area contributed by atoms with E-state index in [-0.39, 0.29) is 21.6 Å². The van der Waals surface area contributed by atoms with Crippen LogP contribution in [0.3, 0.4) is 0 Å². The summed E-state index contributed by atoms with van der Waals surface area (Å²) in [7, 11) is -1.61. The van der Waals surface area contributed by atoms with Crippen molar-refractivity contribution in [2.75, 3.05) is 24.3 Å². The molecule has 0 aliphatic heterocycles. The van der Waals surface area contributed by atoms with Gasteiger partial charge in [0.1, 0.15) is 5.70 Å². The first-order chi connectivity index (χ1) is 13.2. The lowest BCUT2D eigenvalue weighted by Crippen LogP contribution is -2.16. The Morgan fingerprint density at radius 1 is 1.04 bits per heavy atom. The molecule has 10 nitrogen and oxygen atoms in total. The lowest BCUT2D eigenvalue weighted by molar-refractivity contribution is -0.138. The van der Waals surface area contributed by atoms with Gasteiger partial charge in [0.2, 0.25) is 0 Å². The van der Waals surface area contributed by atoms with E-state index in [2.05, 4.69) is 29.7 Å². The van der Waals surface area contributed by atoms with Gasteiger partial charge in [0.05, 0.1) is 25.2 Å². The number of hydrogen-bond donors (Lipinski definition) is 2. The van der Waals surface area contributed by atoms with E-state index in [1.165, 1.54) is 36.4 Å². The van der Waals surface area contributed by atoms with Crippen LogP contribution in [-0.4, -0.2) is 44.8 Å². The number of nitrogens with zero attached hydrogens (tertiary/aromatic N) is 2. The fourth-order valence-corrected chi connectivity index (χ4v) is 2.97. The van der Waals surface area contributed by atoms with Gasteiger partial charge in [-0.05, 0) is 36.4 Å². The van der Waals surface area contributed by atoms with Crippen LogP contribution in [-0.2, 0) is 29.1 Å². The maximum absolute atomic E-state index is 12.4. The molecule has 148 valence electrons. The van der Waals surface area contributed by atoms with Crippen LogP contribution in [0.15, 0.2) is 53.1 Å². The predicted octanol–water partition coefficient (Wildman–Crippen LogP) is 1.57. The topological polar surface area (TPSA) is 137 Å². The van der Waals surface area contributed by atoms with Crippen LogP contribution in [0.1, 0.15) is 0 Å². The number of anilines is 2. The smallest absolute Gasteiger partial charge is 0.354 e. The molecule has 2 rings (SSSR count). The first-order valence-electron chi connectivity index (χ1n) is 7.52. The maximum Gasteiger partial charge on any atom is 0.354 e. The number of carbonyl (C=O) groups is 2. The van der Waals surface area contributed by atoms with Crippen LogP contribution in [0.25, 0.3) is 0 Å². The number of aromatic nitrogens is 2. The first-order valence-corrected chi connectivity index (χ1v) is 9.38. The third-order valence-corrected chi connectivity index (χ3v) is 4.76. The summed E-state index contributed by atoms with van der Waals surface area (Å²) in [6.07, 6.45) is 0.914. The fraction of sp³-hybridized carbons (Fsp3) is 0.125. The summed E-state index contributed by atoms with van der Waals surface area (Å²) in [5.74, 6) is -1.56. The molecule has 0 spiro atoms. The Morgan fingerprint density at radius 3 is 2.25 bits per heavy atom. The average Bonchev–Trinajstić information content (AvgIpc) is 2.68. The van der Waals surface area contributed by atoms with Crippen molar-refractivity contribution in [2.24, 2.45) is 0 Å². The lowest BCUT2D eigenvalue weighted by atomic mass is 10.3. The molecule has 0 fully saturated rings. The van der Waals surface area contributed by atoms with Crippen LogP contribution in [0.4, 0.5) is 11.5 Å². The number of ether oxygens (including phenoxy) is 2. The van der Waals surface area contributed by atoms with Gasteiger partial charge >= 0.3 is 11.9 Å². The summed E-state index contributed by atoms with van der Waals surface area (Å²) in [4.78, 5) is 23.0. The molecule has 0 unspecified atom stereocenters. The third-order valence-electron chi connectivity index (χ3n) is 3.18. The van der Waals surface area contributed by atoms with E-state index in [0.717, 1.165) is 20.3 Å². The molecule has 12 heteroatoms. The van der Waals surface area contributed by atoms with Crippen molar-refractivity contribution < 1.29 is 27.5 Å². The maximum atomic E-state index is 12.4. The molecule has 0 aliphatic carbocycles. The molecular weight excluding hydrogens is 412 g/mol. The number of sulfonamides is 1. The second-order valence-corrected chi connectivity index (χ2v) is 7.14. The summed E-state index contributed by atoms with van der Waals surface area (Å²) in [6, 6.07) is 8.14. The lowest BCUT2D eigenvalue weighted by Gasteiger charge is -2.10. The molecule has 0 saturated heterocycles. The monoisotopic (exact) mass is 426 g/mol. The second kappa shape index (κ2) is 9.15. The van der Waals surface area contributed by atoms with Crippen molar-refractivity contribution in [3.8, 4) is 0 Å². The zero-order valence-electron chi connectivity index (χ0n) is 14.7. The highest BCUT2D eigenvalue weighted by atomic mass is 35.5. The minimum Gasteiger partial charge on any atom is -0.466 e. The standard InChI is InChI=1S/C16H15ClN4O6S/c1-26-15(22)9-12(16(23)27-2)18-10-3-5-11(6-4-10)28(24,25)21-14-8-7-13(17)19-20-14/h3-9,18H,1-2H3,(H,20,21)/b12-9+. The molecule has 0 bridgehead atoms. The van der Waals surface area contributed by atoms with Crippen molar-refractivity contribution in [1.29, 1.82) is 0 Å². The molecule has 1 heterocycles. The number of esters is 2. The largest absolute Gasteiger partial charge is 0.466 e. The highest BCUT2D eigenvalue weighted by molar-refractivity contribution is 7.92. The quantitative estimate of drug-likeness (QED) is 0.499. The van der Waals surface area contributed by atoms with E-state index >= 15 is 0 Å². The first kappa shape index (κ1) is 21.1. The minimum absolute atomic E-state index is 0.000547. The molecule has 2 aromatic rings. The number of methoxy groups -OCH3 is 2. The molecule has 2 N–H and O–H groups in total. The van der Waals surface area contributed by atoms with Crippen LogP contribution in [0.2, 0.25) is 5.15 Å². The van der Waals surface area contributed by atoms with Crippen LogP contribution >= 0.6 is 11.6 Å². The summed E-state index contributed by atoms with van der Waals surface area (Å²) in [5.41, 5.74) is 0.158. The van der Waals surface area contributed by atoms with Gasteiger partial charge in [-0.2, -0.15) is 0 Å². The van der Waals surface area contributed by atoms with Gasteiger partial charge in [0.25, 0.3) is 10.0 Å². The molecule has 0 radical (unpaired) electrons. The SMILES string of the molecule is COC(=O)/C=C(/Nc1ccc(S(=O)(=O)Nc2ccc(Cl)nn2)cc1)C(=O)OC. The van der Waals surface area contributed by atoms with E-state index in [1.54, 1.807) is 0 Å². The van der Waals surface area contributed by atoms with Gasteiger partial charge in [-0.3, -0.25) is 4.72 Å². The van der Waals surface area contributed by atoms with Crippen LogP contribution < -0.4 is 10.0 Å². The van der Waals surface area contributed by atoms with Gasteiger partial charge in [-0.1, -0.05) is 11.6 Å². The van der Waals surface area contributed by atoms with Crippen LogP contribution in [0, 0.1) is 0 Å². The Labute approximate surface area is 165 Å². The minimum atomic E-state index is -3.92. The average molecular weight is 427 g/mol. The van der Waals surface area contributed by atoms with E-state index in [4.69, 9.17) is 11.6 Å². The van der Waals surface area contributed by atoms with Crippen molar-refractivity contribution in [2.45, 2.75) is 4.90 Å². The molecule has 0 aliphatic rings. The van der Waals surface area contributed by atoms with E-state index in [1.807, 2.05) is 0 Å². The number of halogens is 1. The molecular formula is C16H15ClN4O6S. The highest BCUT2D eigenvalue weighted by Crippen LogP contribution is 2.18. The molecule has 28 heavy (non-hydrogen) atoms. The Hall–Kier alpha value is -3.18. The number of carbonyl (C=O) groups excluding carboxylic acids is 2. The van der Waals surface area contributed by atoms with Gasteiger partial charge in [0.15, 0.2) is 11.0 Å². The summed E-state index contributed by atoms with van der Waals surface area (Å²) >= 11 is 5.61. The zero-order valence-corrected chi connectivity index (χ0v) is 16.2. The normalized spacial score (nSPS) is 11.5. The van der Waals surface area contributed by atoms with Crippen molar-refractivity contribution in [1.82, 2.24) is 10.2 Å². The molecule has 0 atom stereocenters. The van der Waals surface area contributed by atoms with E-state index < -0.39 is 22.0 Å². The number of nitrogens with one attached hydrogen (secondary N) is 2. The van der Waals surface area contributed by atoms with Gasteiger partial charge < -0.3 is 14.8 Å². The molecule has 1 aromatic heterocycles. The second-order valence-electron chi connectivity index (χ2n) is 5.07. The fourth-order valence-electron chi connectivity index (χ4n) is 1.87. The van der Waals surface area contributed by atoms with Crippen molar-refractivity contribution in [3.63, 3.8) is 0 Å². The highest BCUT2D eigenvalue weighted by Gasteiger charge is 2.16. The number of benzene rings is 1. The Kier molecular flexibility index (Phi) is 6.90. The van der Waals surface area contributed by atoms with Gasteiger partial charge in [-0.25, -0.2) is 18.0 Å². The summed E-state index contributed by atoms with van der Waals surface area (Å²) in [5, 5.41) is 9.96. The zero-order chi connectivity index (χ0) is 20.7. The molecule has 0 amide bonds. The number of rotatable bonds is 7.